The summed E-state index contributed by atoms with van der Waals surface area (Å²) in [7, 11) is 0. The van der Waals surface area contributed by atoms with Crippen molar-refractivity contribution in [2.24, 2.45) is 4.99 Å². The van der Waals surface area contributed by atoms with E-state index < -0.39 is 0 Å². The lowest BCUT2D eigenvalue weighted by molar-refractivity contribution is -0.122. The zero-order chi connectivity index (χ0) is 22.4. The van der Waals surface area contributed by atoms with Gasteiger partial charge in [0.1, 0.15) is 12.4 Å². The Morgan fingerprint density at radius 3 is 2.55 bits per heavy atom. The summed E-state index contributed by atoms with van der Waals surface area (Å²) >= 11 is 4.83. The minimum Gasteiger partial charge on any atom is -0.490 e. The molecule has 3 rings (SSSR count). The number of nitrogens with zero attached hydrogens (tertiary/aromatic N) is 2. The Morgan fingerprint density at radius 2 is 1.90 bits per heavy atom. The van der Waals surface area contributed by atoms with Crippen molar-refractivity contribution in [2.75, 3.05) is 19.8 Å². The molecule has 5 nitrogen and oxygen atoms in total. The van der Waals surface area contributed by atoms with E-state index in [1.807, 2.05) is 26.0 Å². The van der Waals surface area contributed by atoms with Gasteiger partial charge < -0.3 is 9.47 Å². The van der Waals surface area contributed by atoms with E-state index in [0.29, 0.717) is 47.0 Å². The SMILES string of the molecule is C=CCOc1cc(Br)c(/C=C2/SC(=Nc3ccc(F)cc3)N(CC)C2=O)cc1OCC. The molecular weight excluding hydrogens is 483 g/mol. The Balaban J connectivity index is 1.95. The summed E-state index contributed by atoms with van der Waals surface area (Å²) in [5.41, 5.74) is 1.37. The quantitative estimate of drug-likeness (QED) is 0.318. The van der Waals surface area contributed by atoms with Gasteiger partial charge in [-0.1, -0.05) is 28.6 Å². The van der Waals surface area contributed by atoms with Crippen molar-refractivity contribution < 1.29 is 18.7 Å². The highest BCUT2D eigenvalue weighted by Gasteiger charge is 2.32. The highest BCUT2D eigenvalue weighted by Crippen LogP contribution is 2.38. The first kappa shape index (κ1) is 23.1. The summed E-state index contributed by atoms with van der Waals surface area (Å²) in [5.74, 6) is 0.713. The third-order valence-corrected chi connectivity index (χ3v) is 5.96. The topological polar surface area (TPSA) is 51.1 Å². The van der Waals surface area contributed by atoms with E-state index >= 15 is 0 Å². The highest BCUT2D eigenvalue weighted by molar-refractivity contribution is 9.10. The Labute approximate surface area is 193 Å². The maximum atomic E-state index is 13.2. The molecule has 1 aliphatic rings. The van der Waals surface area contributed by atoms with E-state index in [-0.39, 0.29) is 11.7 Å². The molecule has 0 saturated carbocycles. The van der Waals surface area contributed by atoms with Crippen molar-refractivity contribution in [3.05, 3.63) is 69.8 Å². The maximum absolute atomic E-state index is 13.2. The van der Waals surface area contributed by atoms with Gasteiger partial charge in [0.05, 0.1) is 17.2 Å². The molecule has 0 aliphatic carbocycles. The lowest BCUT2D eigenvalue weighted by Gasteiger charge is -2.13. The van der Waals surface area contributed by atoms with Crippen LogP contribution in [0.4, 0.5) is 10.1 Å². The fourth-order valence-electron chi connectivity index (χ4n) is 2.83. The number of amidine groups is 1. The van der Waals surface area contributed by atoms with Gasteiger partial charge in [0.2, 0.25) is 0 Å². The number of likely N-dealkylation sites (N-methyl/N-ethyl adjacent to an activating group) is 1. The third kappa shape index (κ3) is 5.57. The van der Waals surface area contributed by atoms with Crippen molar-refractivity contribution in [1.29, 1.82) is 0 Å². The molecule has 1 fully saturated rings. The molecule has 0 aromatic heterocycles. The van der Waals surface area contributed by atoms with Crippen molar-refractivity contribution in [3.63, 3.8) is 0 Å². The summed E-state index contributed by atoms with van der Waals surface area (Å²) in [4.78, 5) is 19.6. The van der Waals surface area contributed by atoms with Crippen LogP contribution >= 0.6 is 27.7 Å². The second-order valence-electron chi connectivity index (χ2n) is 6.38. The van der Waals surface area contributed by atoms with Gasteiger partial charge in [0, 0.05) is 11.0 Å². The molecule has 0 radical (unpaired) electrons. The van der Waals surface area contributed by atoms with Crippen LogP contribution in [0.1, 0.15) is 19.4 Å². The number of benzene rings is 2. The molecule has 0 bridgehead atoms. The molecule has 1 aliphatic heterocycles. The van der Waals surface area contributed by atoms with Gasteiger partial charge in [0.15, 0.2) is 16.7 Å². The summed E-state index contributed by atoms with van der Waals surface area (Å²) in [6.07, 6.45) is 3.46. The predicted octanol–water partition coefficient (Wildman–Crippen LogP) is 6.18. The number of carbonyl (C=O) groups is 1. The maximum Gasteiger partial charge on any atom is 0.266 e. The molecule has 8 heteroatoms. The van der Waals surface area contributed by atoms with Gasteiger partial charge in [-0.3, -0.25) is 9.69 Å². The van der Waals surface area contributed by atoms with Crippen LogP contribution in [-0.2, 0) is 4.79 Å². The van der Waals surface area contributed by atoms with E-state index in [1.54, 1.807) is 29.2 Å². The van der Waals surface area contributed by atoms with Gasteiger partial charge in [-0.25, -0.2) is 9.38 Å². The van der Waals surface area contributed by atoms with E-state index in [9.17, 15) is 9.18 Å². The highest BCUT2D eigenvalue weighted by atomic mass is 79.9. The molecule has 0 atom stereocenters. The summed E-state index contributed by atoms with van der Waals surface area (Å²) in [6, 6.07) is 9.49. The zero-order valence-electron chi connectivity index (χ0n) is 17.2. The van der Waals surface area contributed by atoms with E-state index in [4.69, 9.17) is 9.47 Å². The second kappa shape index (κ2) is 10.6. The number of halogens is 2. The van der Waals surface area contributed by atoms with Crippen molar-refractivity contribution in [3.8, 4) is 11.5 Å². The van der Waals surface area contributed by atoms with Crippen LogP contribution < -0.4 is 9.47 Å². The van der Waals surface area contributed by atoms with Crippen LogP contribution in [0.25, 0.3) is 6.08 Å². The zero-order valence-corrected chi connectivity index (χ0v) is 19.6. The third-order valence-electron chi connectivity index (χ3n) is 4.26. The van der Waals surface area contributed by atoms with E-state index in [2.05, 4.69) is 27.5 Å². The number of aliphatic imine (C=N–C) groups is 1. The Morgan fingerprint density at radius 1 is 1.19 bits per heavy atom. The summed E-state index contributed by atoms with van der Waals surface area (Å²) in [5, 5.41) is 0.553. The van der Waals surface area contributed by atoms with Gasteiger partial charge in [0.25, 0.3) is 5.91 Å². The molecule has 1 saturated heterocycles. The number of thioether (sulfide) groups is 1. The first-order valence-corrected chi connectivity index (χ1v) is 11.3. The van der Waals surface area contributed by atoms with Crippen LogP contribution in [0, 0.1) is 5.82 Å². The standard InChI is InChI=1S/C23H22BrFN2O3S/c1-4-11-30-20-14-18(24)15(12-19(20)29-6-3)13-21-22(28)27(5-2)23(31-21)26-17-9-7-16(25)8-10-17/h4,7-10,12-14H,1,5-6,11H2,2-3H3/b21-13+,26-23?. The van der Waals surface area contributed by atoms with E-state index in [1.165, 1.54) is 23.9 Å². The molecule has 0 N–H and O–H groups in total. The first-order chi connectivity index (χ1) is 15.0. The second-order valence-corrected chi connectivity index (χ2v) is 8.25. The lowest BCUT2D eigenvalue weighted by Crippen LogP contribution is -2.28. The van der Waals surface area contributed by atoms with Gasteiger partial charge >= 0.3 is 0 Å². The van der Waals surface area contributed by atoms with Gasteiger partial charge in [-0.15, -0.1) is 0 Å². The molecule has 1 heterocycles. The van der Waals surface area contributed by atoms with Crippen LogP contribution in [0.3, 0.4) is 0 Å². The van der Waals surface area contributed by atoms with Crippen LogP contribution in [0.15, 0.2) is 63.4 Å². The minimum atomic E-state index is -0.331. The number of hydrogen-bond donors (Lipinski definition) is 0. The molecule has 31 heavy (non-hydrogen) atoms. The summed E-state index contributed by atoms with van der Waals surface area (Å²) in [6.45, 7) is 8.75. The minimum absolute atomic E-state index is 0.134. The van der Waals surface area contributed by atoms with E-state index in [0.717, 1.165) is 10.0 Å². The molecule has 0 spiro atoms. The molecule has 2 aromatic carbocycles. The number of carbonyl (C=O) groups excluding carboxylic acids is 1. The van der Waals surface area contributed by atoms with Crippen molar-refractivity contribution in [1.82, 2.24) is 4.90 Å². The predicted molar refractivity (Wildman–Crippen MR) is 127 cm³/mol. The summed E-state index contributed by atoms with van der Waals surface area (Å²) < 4.78 is 25.3. The molecule has 162 valence electrons. The van der Waals surface area contributed by atoms with Crippen molar-refractivity contribution >= 4 is 50.5 Å². The first-order valence-electron chi connectivity index (χ1n) is 9.72. The van der Waals surface area contributed by atoms with Crippen LogP contribution in [-0.4, -0.2) is 35.7 Å². The lowest BCUT2D eigenvalue weighted by atomic mass is 10.2. The number of amides is 1. The Hall–Kier alpha value is -2.58. The van der Waals surface area contributed by atoms with Crippen molar-refractivity contribution in [2.45, 2.75) is 13.8 Å². The monoisotopic (exact) mass is 504 g/mol. The Kier molecular flexibility index (Phi) is 7.92. The number of hydrogen-bond acceptors (Lipinski definition) is 5. The molecule has 0 unspecified atom stereocenters. The number of rotatable bonds is 8. The van der Waals surface area contributed by atoms with Crippen LogP contribution in [0.5, 0.6) is 11.5 Å². The number of ether oxygens (including phenoxy) is 2. The molecular formula is C23H22BrFN2O3S. The Bertz CT molecular complexity index is 1040. The fourth-order valence-corrected chi connectivity index (χ4v) is 4.32. The average molecular weight is 505 g/mol. The smallest absolute Gasteiger partial charge is 0.266 e. The fraction of sp³-hybridized carbons (Fsp3) is 0.217. The molecule has 2 aromatic rings. The normalized spacial score (nSPS) is 16.3. The van der Waals surface area contributed by atoms with Crippen LogP contribution in [0.2, 0.25) is 0 Å². The van der Waals surface area contributed by atoms with Gasteiger partial charge in [-0.05, 0) is 73.6 Å². The molecule has 1 amide bonds. The largest absolute Gasteiger partial charge is 0.490 e. The average Bonchev–Trinajstić information content (AvgIpc) is 3.05. The van der Waals surface area contributed by atoms with Gasteiger partial charge in [-0.2, -0.15) is 0 Å².